The molecule has 0 aliphatic carbocycles. The maximum atomic E-state index is 12.2. The highest BCUT2D eigenvalue weighted by Crippen LogP contribution is 2.14. The van der Waals surface area contributed by atoms with Crippen molar-refractivity contribution >= 4 is 10.0 Å². The first-order valence-electron chi connectivity index (χ1n) is 6.75. The number of nitrogens with one attached hydrogen (secondary N) is 1. The largest absolute Gasteiger partial charge is 0.274 e. The van der Waals surface area contributed by atoms with Gasteiger partial charge in [0.25, 0.3) is 0 Å². The monoisotopic (exact) mass is 287 g/mol. The Labute approximate surface area is 116 Å². The minimum atomic E-state index is -3.45. The van der Waals surface area contributed by atoms with Gasteiger partial charge in [-0.25, -0.2) is 13.1 Å². The van der Waals surface area contributed by atoms with Gasteiger partial charge in [-0.3, -0.25) is 4.68 Å². The van der Waals surface area contributed by atoms with Gasteiger partial charge >= 0.3 is 0 Å². The Morgan fingerprint density at radius 3 is 2.42 bits per heavy atom. The molecule has 1 aromatic rings. The first-order valence-corrected chi connectivity index (χ1v) is 8.23. The van der Waals surface area contributed by atoms with Crippen LogP contribution in [0.25, 0.3) is 0 Å². The zero-order valence-corrected chi connectivity index (χ0v) is 13.3. The van der Waals surface area contributed by atoms with Gasteiger partial charge in [-0.2, -0.15) is 5.10 Å². The van der Waals surface area contributed by atoms with Gasteiger partial charge in [-0.15, -0.1) is 0 Å². The Morgan fingerprint density at radius 1 is 1.32 bits per heavy atom. The van der Waals surface area contributed by atoms with Gasteiger partial charge in [-0.05, 0) is 26.2 Å². The summed E-state index contributed by atoms with van der Waals surface area (Å²) in [7, 11) is -1.73. The molecule has 0 fully saturated rings. The Hall–Kier alpha value is -0.880. The fourth-order valence-corrected chi connectivity index (χ4v) is 3.56. The number of sulfonamides is 1. The van der Waals surface area contributed by atoms with Crippen molar-refractivity contribution in [2.24, 2.45) is 13.0 Å². The molecule has 0 aliphatic heterocycles. The van der Waals surface area contributed by atoms with Crippen LogP contribution in [0.15, 0.2) is 11.1 Å². The van der Waals surface area contributed by atoms with Gasteiger partial charge < -0.3 is 0 Å². The van der Waals surface area contributed by atoms with E-state index < -0.39 is 10.0 Å². The predicted molar refractivity (Wildman–Crippen MR) is 76.4 cm³/mol. The summed E-state index contributed by atoms with van der Waals surface area (Å²) in [6, 6.07) is -0.0524. The fourth-order valence-electron chi connectivity index (χ4n) is 2.06. The summed E-state index contributed by atoms with van der Waals surface area (Å²) >= 11 is 0. The van der Waals surface area contributed by atoms with Crippen molar-refractivity contribution in [1.29, 1.82) is 0 Å². The maximum absolute atomic E-state index is 12.2. The van der Waals surface area contributed by atoms with Crippen LogP contribution in [0.2, 0.25) is 0 Å². The van der Waals surface area contributed by atoms with E-state index in [1.165, 1.54) is 4.68 Å². The molecule has 1 unspecified atom stereocenters. The number of hydrogen-bond acceptors (Lipinski definition) is 3. The topological polar surface area (TPSA) is 64.0 Å². The summed E-state index contributed by atoms with van der Waals surface area (Å²) in [6.07, 6.45) is 4.56. The van der Waals surface area contributed by atoms with Gasteiger partial charge in [-0.1, -0.05) is 26.7 Å². The number of hydrogen-bond donors (Lipinski definition) is 1. The van der Waals surface area contributed by atoms with Crippen LogP contribution in [0, 0.1) is 12.8 Å². The van der Waals surface area contributed by atoms with E-state index in [2.05, 4.69) is 23.7 Å². The molecule has 1 atom stereocenters. The van der Waals surface area contributed by atoms with Crippen molar-refractivity contribution in [3.8, 4) is 0 Å². The van der Waals surface area contributed by atoms with Crippen LogP contribution >= 0.6 is 0 Å². The van der Waals surface area contributed by atoms with Crippen molar-refractivity contribution in [1.82, 2.24) is 14.5 Å². The van der Waals surface area contributed by atoms with Gasteiger partial charge in [0, 0.05) is 19.3 Å². The smallest absolute Gasteiger partial charge is 0.244 e. The lowest BCUT2D eigenvalue weighted by molar-refractivity contribution is 0.488. The molecule has 1 aromatic heterocycles. The van der Waals surface area contributed by atoms with Gasteiger partial charge in [0.05, 0.1) is 5.69 Å². The van der Waals surface area contributed by atoms with E-state index in [0.717, 1.165) is 19.3 Å². The lowest BCUT2D eigenvalue weighted by Gasteiger charge is -2.14. The molecule has 0 bridgehead atoms. The third kappa shape index (κ3) is 4.95. The molecular formula is C13H25N3O2S. The Balaban J connectivity index is 2.62. The Kier molecular flexibility index (Phi) is 5.55. The average Bonchev–Trinajstić information content (AvgIpc) is 2.57. The van der Waals surface area contributed by atoms with E-state index in [-0.39, 0.29) is 10.9 Å². The van der Waals surface area contributed by atoms with E-state index >= 15 is 0 Å². The molecule has 110 valence electrons. The molecule has 0 saturated heterocycles. The van der Waals surface area contributed by atoms with Gasteiger partial charge in [0.15, 0.2) is 0 Å². The van der Waals surface area contributed by atoms with Crippen molar-refractivity contribution in [2.75, 3.05) is 0 Å². The zero-order valence-electron chi connectivity index (χ0n) is 12.5. The van der Waals surface area contributed by atoms with Gasteiger partial charge in [0.1, 0.15) is 4.90 Å². The summed E-state index contributed by atoms with van der Waals surface area (Å²) in [6.45, 7) is 7.96. The van der Waals surface area contributed by atoms with Crippen molar-refractivity contribution in [3.05, 3.63) is 11.9 Å². The molecule has 5 nitrogen and oxygen atoms in total. The highest BCUT2D eigenvalue weighted by Gasteiger charge is 2.21. The minimum absolute atomic E-state index is 0.0524. The van der Waals surface area contributed by atoms with Crippen LogP contribution in [-0.4, -0.2) is 24.2 Å². The van der Waals surface area contributed by atoms with E-state index in [4.69, 9.17) is 0 Å². The second kappa shape index (κ2) is 6.52. The standard InChI is InChI=1S/C13H25N3O2S/c1-10(2)7-6-8-11(3)15-19(17,18)13-9-16(5)14-12(13)4/h9-11,15H,6-8H2,1-5H3. The molecule has 1 N–H and O–H groups in total. The van der Waals surface area contributed by atoms with E-state index in [1.54, 1.807) is 20.2 Å². The molecule has 0 radical (unpaired) electrons. The van der Waals surface area contributed by atoms with Crippen molar-refractivity contribution in [2.45, 2.75) is 57.9 Å². The normalized spacial score (nSPS) is 14.0. The quantitative estimate of drug-likeness (QED) is 0.836. The zero-order chi connectivity index (χ0) is 14.6. The average molecular weight is 287 g/mol. The van der Waals surface area contributed by atoms with Crippen LogP contribution in [0.5, 0.6) is 0 Å². The number of aryl methyl sites for hydroxylation is 2. The number of aromatic nitrogens is 2. The van der Waals surface area contributed by atoms with Crippen molar-refractivity contribution < 1.29 is 8.42 Å². The molecule has 0 amide bonds. The number of nitrogens with zero attached hydrogens (tertiary/aromatic N) is 2. The lowest BCUT2D eigenvalue weighted by Crippen LogP contribution is -2.32. The third-order valence-electron chi connectivity index (χ3n) is 3.03. The minimum Gasteiger partial charge on any atom is -0.274 e. The summed E-state index contributed by atoms with van der Waals surface area (Å²) in [5, 5.41) is 4.07. The predicted octanol–water partition coefficient (Wildman–Crippen LogP) is 2.22. The Morgan fingerprint density at radius 2 is 1.95 bits per heavy atom. The summed E-state index contributed by atoms with van der Waals surface area (Å²) < 4.78 is 28.7. The SMILES string of the molecule is Cc1nn(C)cc1S(=O)(=O)NC(C)CCCC(C)C. The molecule has 1 rings (SSSR count). The van der Waals surface area contributed by atoms with E-state index in [1.807, 2.05) is 6.92 Å². The lowest BCUT2D eigenvalue weighted by atomic mass is 10.0. The molecule has 0 aliphatic rings. The molecule has 1 heterocycles. The third-order valence-corrected chi connectivity index (χ3v) is 4.73. The highest BCUT2D eigenvalue weighted by molar-refractivity contribution is 7.89. The summed E-state index contributed by atoms with van der Waals surface area (Å²) in [5.74, 6) is 0.657. The van der Waals surface area contributed by atoms with Crippen LogP contribution in [0.1, 0.15) is 45.7 Å². The molecular weight excluding hydrogens is 262 g/mol. The first kappa shape index (κ1) is 16.2. The van der Waals surface area contributed by atoms with Crippen LogP contribution in [0.3, 0.4) is 0 Å². The Bertz CT molecular complexity index is 506. The highest BCUT2D eigenvalue weighted by atomic mass is 32.2. The first-order chi connectivity index (χ1) is 8.72. The fraction of sp³-hybridized carbons (Fsp3) is 0.769. The summed E-state index contributed by atoms with van der Waals surface area (Å²) in [4.78, 5) is 0.269. The number of rotatable bonds is 7. The second-order valence-corrected chi connectivity index (χ2v) is 7.28. The van der Waals surface area contributed by atoms with Crippen molar-refractivity contribution in [3.63, 3.8) is 0 Å². The maximum Gasteiger partial charge on any atom is 0.244 e. The van der Waals surface area contributed by atoms with Crippen LogP contribution in [0.4, 0.5) is 0 Å². The van der Waals surface area contributed by atoms with E-state index in [0.29, 0.717) is 11.6 Å². The van der Waals surface area contributed by atoms with Crippen LogP contribution in [-0.2, 0) is 17.1 Å². The molecule has 0 aromatic carbocycles. The van der Waals surface area contributed by atoms with Crippen LogP contribution < -0.4 is 4.72 Å². The molecule has 0 spiro atoms. The van der Waals surface area contributed by atoms with E-state index in [9.17, 15) is 8.42 Å². The molecule has 19 heavy (non-hydrogen) atoms. The molecule has 6 heteroatoms. The van der Waals surface area contributed by atoms with Gasteiger partial charge in [0.2, 0.25) is 10.0 Å². The molecule has 0 saturated carbocycles. The summed E-state index contributed by atoms with van der Waals surface area (Å²) in [5.41, 5.74) is 0.532. The second-order valence-electron chi connectivity index (χ2n) is 5.60.